The number of hydrogen-bond donors (Lipinski definition) is 1. The van der Waals surface area contributed by atoms with E-state index in [1.807, 2.05) is 0 Å². The van der Waals surface area contributed by atoms with Crippen LogP contribution in [-0.2, 0) is 16.0 Å². The van der Waals surface area contributed by atoms with Crippen molar-refractivity contribution in [2.24, 2.45) is 52.3 Å². The van der Waals surface area contributed by atoms with E-state index in [0.29, 0.717) is 40.8 Å². The van der Waals surface area contributed by atoms with E-state index in [2.05, 4.69) is 57.0 Å². The molecule has 0 radical (unpaired) electrons. The van der Waals surface area contributed by atoms with Gasteiger partial charge in [0.05, 0.1) is 6.67 Å². The molecule has 0 amide bonds. The lowest BCUT2D eigenvalue weighted by Gasteiger charge is -2.66. The van der Waals surface area contributed by atoms with Crippen molar-refractivity contribution in [3.05, 3.63) is 34.4 Å². The van der Waals surface area contributed by atoms with Crippen molar-refractivity contribution in [1.82, 2.24) is 10.2 Å². The van der Waals surface area contributed by atoms with Crippen LogP contribution < -0.4 is 5.32 Å². The highest BCUT2D eigenvalue weighted by atomic mass is 32.2. The molecule has 4 nitrogen and oxygen atoms in total. The van der Waals surface area contributed by atoms with Crippen LogP contribution in [-0.4, -0.2) is 65.1 Å². The Labute approximate surface area is 282 Å². The number of alkyl halides is 1. The molecular formula is C40H61FN2O2S. The van der Waals surface area contributed by atoms with E-state index in [1.54, 1.807) is 5.57 Å². The van der Waals surface area contributed by atoms with Crippen molar-refractivity contribution in [1.29, 1.82) is 0 Å². The van der Waals surface area contributed by atoms with Gasteiger partial charge in [0.15, 0.2) is 5.78 Å². The van der Waals surface area contributed by atoms with Gasteiger partial charge in [-0.2, -0.15) is 0 Å². The molecule has 1 N–H and O–H groups in total. The van der Waals surface area contributed by atoms with E-state index >= 15 is 0 Å². The third kappa shape index (κ3) is 5.46. The molecule has 0 spiro atoms. The van der Waals surface area contributed by atoms with E-state index in [4.69, 9.17) is 0 Å². The molecule has 256 valence electrons. The third-order valence-corrected chi connectivity index (χ3v) is 16.3. The van der Waals surface area contributed by atoms with Gasteiger partial charge in [0.1, 0.15) is 11.5 Å². The molecule has 0 aromatic carbocycles. The summed E-state index contributed by atoms with van der Waals surface area (Å²) >= 11 is -0.647. The van der Waals surface area contributed by atoms with Crippen molar-refractivity contribution in [2.45, 2.75) is 111 Å². The zero-order valence-corrected chi connectivity index (χ0v) is 30.3. The molecule has 1 aliphatic heterocycles. The lowest BCUT2D eigenvalue weighted by molar-refractivity contribution is -0.145. The van der Waals surface area contributed by atoms with Gasteiger partial charge in [0.2, 0.25) is 0 Å². The summed E-state index contributed by atoms with van der Waals surface area (Å²) in [6.45, 7) is 15.9. The van der Waals surface area contributed by atoms with Gasteiger partial charge in [-0.25, -0.2) is 0 Å². The molecule has 0 aromatic heterocycles. The molecule has 46 heavy (non-hydrogen) atoms. The van der Waals surface area contributed by atoms with Crippen LogP contribution in [0.2, 0.25) is 0 Å². The Morgan fingerprint density at radius 3 is 2.50 bits per heavy atom. The Morgan fingerprint density at radius 1 is 1.04 bits per heavy atom. The third-order valence-electron chi connectivity index (χ3n) is 15.1. The first kappa shape index (κ1) is 33.5. The van der Waals surface area contributed by atoms with Gasteiger partial charge >= 0.3 is 0 Å². The predicted molar refractivity (Wildman–Crippen MR) is 188 cm³/mol. The minimum atomic E-state index is -0.647. The average molecular weight is 653 g/mol. The van der Waals surface area contributed by atoms with Crippen LogP contribution in [0.1, 0.15) is 105 Å². The first-order valence-corrected chi connectivity index (χ1v) is 20.5. The number of rotatable bonds is 7. The van der Waals surface area contributed by atoms with Crippen molar-refractivity contribution >= 4 is 17.0 Å². The Hall–Kier alpha value is -0.950. The highest BCUT2D eigenvalue weighted by Crippen LogP contribution is 2.70. The Balaban J connectivity index is 1.13. The number of carbonyl (C=O) groups is 1. The first-order valence-electron chi connectivity index (χ1n) is 19.1. The van der Waals surface area contributed by atoms with Crippen LogP contribution in [0, 0.1) is 52.3 Å². The first-order chi connectivity index (χ1) is 22.0. The standard InChI is InChI=1S/C40H61FN2O2S/c1-26(2)36-34(44)24-40(42-18-19-43-20-22-46(45)23-21-43)17-14-33-31(37(36)40)10-11-35-38(4)15-12-30(29-8-6-28(25-41)7-9-29)27(3)32(38)13-16-39(33,35)5/h8,12,26-28,31-33,35,42H,6-7,9-11,13-25H2,1-5H3. The van der Waals surface area contributed by atoms with E-state index in [0.717, 1.165) is 75.2 Å². The van der Waals surface area contributed by atoms with Crippen LogP contribution in [0.15, 0.2) is 34.4 Å². The van der Waals surface area contributed by atoms with Gasteiger partial charge < -0.3 is 9.87 Å². The number of carbonyl (C=O) groups excluding carboxylic acids is 1. The van der Waals surface area contributed by atoms with Gasteiger partial charge in [-0.1, -0.05) is 57.9 Å². The molecule has 6 aliphatic carbocycles. The quantitative estimate of drug-likeness (QED) is 0.285. The second kappa shape index (κ2) is 12.7. The largest absolute Gasteiger partial charge is 0.616 e. The fraction of sp³-hybridized carbons (Fsp3) is 0.825. The van der Waals surface area contributed by atoms with Crippen LogP contribution in [0.5, 0.6) is 0 Å². The molecule has 4 fully saturated rings. The van der Waals surface area contributed by atoms with Gasteiger partial charge in [-0.05, 0) is 139 Å². The summed E-state index contributed by atoms with van der Waals surface area (Å²) < 4.78 is 25.2. The molecule has 9 unspecified atom stereocenters. The Kier molecular flexibility index (Phi) is 9.29. The monoisotopic (exact) mass is 652 g/mol. The maximum absolute atomic E-state index is 13.8. The smallest absolute Gasteiger partial charge is 0.161 e. The van der Waals surface area contributed by atoms with Crippen molar-refractivity contribution in [3.8, 4) is 0 Å². The van der Waals surface area contributed by atoms with Crippen molar-refractivity contribution in [3.63, 3.8) is 0 Å². The number of halogens is 1. The number of allylic oxidation sites excluding steroid dienone is 5. The van der Waals surface area contributed by atoms with Crippen molar-refractivity contribution in [2.75, 3.05) is 44.4 Å². The fourth-order valence-electron chi connectivity index (χ4n) is 12.8. The Morgan fingerprint density at radius 2 is 1.80 bits per heavy atom. The minimum Gasteiger partial charge on any atom is -0.616 e. The SMILES string of the molecule is CC(C)C1=C2C3CCC4C5(C)CC=C(C6=CCC(CF)CC6)C(C)C5CCC4(C)C3CCC2(NCCN2CC[S+]([O-])CC2)CC1=O. The minimum absolute atomic E-state index is 0.160. The summed E-state index contributed by atoms with van der Waals surface area (Å²) in [7, 11) is 0. The molecule has 7 rings (SSSR count). The number of ketones is 1. The average Bonchev–Trinajstić information content (AvgIpc) is 3.34. The molecule has 0 aromatic rings. The van der Waals surface area contributed by atoms with Gasteiger partial charge in [0.25, 0.3) is 0 Å². The molecule has 0 bridgehead atoms. The van der Waals surface area contributed by atoms with Crippen LogP contribution in [0.4, 0.5) is 4.39 Å². The second-order valence-electron chi connectivity index (χ2n) is 17.5. The lowest BCUT2D eigenvalue weighted by Crippen LogP contribution is -2.61. The maximum atomic E-state index is 13.8. The van der Waals surface area contributed by atoms with Crippen LogP contribution in [0.25, 0.3) is 0 Å². The molecule has 3 saturated carbocycles. The van der Waals surface area contributed by atoms with Crippen LogP contribution in [0.3, 0.4) is 0 Å². The van der Waals surface area contributed by atoms with Crippen LogP contribution >= 0.6 is 0 Å². The normalized spacial score (nSPS) is 43.5. The Bertz CT molecular complexity index is 1280. The summed E-state index contributed by atoms with van der Waals surface area (Å²) in [4.78, 5) is 16.3. The zero-order chi connectivity index (χ0) is 32.4. The molecule has 7 aliphatic rings. The fourth-order valence-corrected chi connectivity index (χ4v) is 13.9. The predicted octanol–water partition coefficient (Wildman–Crippen LogP) is 7.83. The van der Waals surface area contributed by atoms with E-state index in [-0.39, 0.29) is 24.0 Å². The van der Waals surface area contributed by atoms with Gasteiger partial charge in [0, 0.05) is 38.1 Å². The molecule has 6 heteroatoms. The molecule has 9 atom stereocenters. The highest BCUT2D eigenvalue weighted by Gasteiger charge is 2.64. The highest BCUT2D eigenvalue weighted by molar-refractivity contribution is 7.91. The number of hydrogen-bond acceptors (Lipinski definition) is 4. The number of nitrogens with one attached hydrogen (secondary N) is 1. The lowest BCUT2D eigenvalue weighted by atomic mass is 9.38. The summed E-state index contributed by atoms with van der Waals surface area (Å²) in [6.07, 6.45) is 17.3. The second-order valence-corrected chi connectivity index (χ2v) is 19.2. The molecule has 1 saturated heterocycles. The maximum Gasteiger partial charge on any atom is 0.161 e. The summed E-state index contributed by atoms with van der Waals surface area (Å²) in [5, 5.41) is 4.06. The number of fused-ring (bicyclic) bond motifs is 7. The summed E-state index contributed by atoms with van der Waals surface area (Å²) in [5.74, 6) is 5.71. The van der Waals surface area contributed by atoms with E-state index < -0.39 is 11.2 Å². The number of Topliss-reactive ketones (excluding diaryl/α,β-unsaturated/α-hetero) is 1. The van der Waals surface area contributed by atoms with Crippen molar-refractivity contribution < 1.29 is 13.7 Å². The molecular weight excluding hydrogens is 592 g/mol. The van der Waals surface area contributed by atoms with E-state index in [1.165, 1.54) is 55.2 Å². The van der Waals surface area contributed by atoms with Gasteiger partial charge in [-0.3, -0.25) is 14.1 Å². The van der Waals surface area contributed by atoms with Gasteiger partial charge in [-0.15, -0.1) is 0 Å². The molecule has 1 heterocycles. The summed E-state index contributed by atoms with van der Waals surface area (Å²) in [6, 6.07) is 0. The number of nitrogens with zero attached hydrogens (tertiary/aromatic N) is 1. The topological polar surface area (TPSA) is 55.4 Å². The van der Waals surface area contributed by atoms with E-state index in [9.17, 15) is 13.7 Å². The zero-order valence-electron chi connectivity index (χ0n) is 29.5. The summed E-state index contributed by atoms with van der Waals surface area (Å²) in [5.41, 5.74) is 6.31.